The average molecular weight is 322 g/mol. The van der Waals surface area contributed by atoms with Crippen LogP contribution in [-0.4, -0.2) is 21.6 Å². The molecule has 0 radical (unpaired) electrons. The summed E-state index contributed by atoms with van der Waals surface area (Å²) in [6, 6.07) is 7.32. The summed E-state index contributed by atoms with van der Waals surface area (Å²) in [4.78, 5) is 20.5. The summed E-state index contributed by atoms with van der Waals surface area (Å²) in [6.45, 7) is 5.63. The third-order valence-corrected chi connectivity index (χ3v) is 4.16. The molecule has 110 valence electrons. The highest BCUT2D eigenvalue weighted by molar-refractivity contribution is 7.99. The summed E-state index contributed by atoms with van der Waals surface area (Å²) in [5, 5.41) is 4.31. The van der Waals surface area contributed by atoms with E-state index in [1.165, 1.54) is 11.8 Å². The topological polar surface area (TPSA) is 54.9 Å². The Morgan fingerprint density at radius 1 is 1.29 bits per heavy atom. The minimum Gasteiger partial charge on any atom is -0.325 e. The number of carbonyl (C=O) groups is 1. The molecule has 0 fully saturated rings. The fraction of sp³-hybridized carbons (Fsp3) is 0.267. The zero-order valence-corrected chi connectivity index (χ0v) is 13.7. The maximum Gasteiger partial charge on any atom is 0.234 e. The van der Waals surface area contributed by atoms with Crippen molar-refractivity contribution in [2.24, 2.45) is 0 Å². The molecule has 0 saturated heterocycles. The van der Waals surface area contributed by atoms with E-state index in [1.807, 2.05) is 39.0 Å². The van der Waals surface area contributed by atoms with E-state index in [1.54, 1.807) is 6.07 Å². The molecule has 0 unspecified atom stereocenters. The molecule has 1 aromatic heterocycles. The van der Waals surface area contributed by atoms with Crippen LogP contribution in [0.1, 0.15) is 17.1 Å². The van der Waals surface area contributed by atoms with Crippen molar-refractivity contribution in [1.29, 1.82) is 0 Å². The van der Waals surface area contributed by atoms with Crippen molar-refractivity contribution >= 4 is 35.0 Å². The highest BCUT2D eigenvalue weighted by Gasteiger charge is 2.08. The molecule has 0 spiro atoms. The van der Waals surface area contributed by atoms with Crippen LogP contribution in [0, 0.1) is 20.8 Å². The summed E-state index contributed by atoms with van der Waals surface area (Å²) in [5.41, 5.74) is 2.51. The first-order valence-corrected chi connectivity index (χ1v) is 7.82. The molecule has 1 N–H and O–H groups in total. The van der Waals surface area contributed by atoms with E-state index in [0.717, 1.165) is 22.0 Å². The van der Waals surface area contributed by atoms with Crippen LogP contribution in [0.4, 0.5) is 5.69 Å². The first-order valence-electron chi connectivity index (χ1n) is 6.46. The van der Waals surface area contributed by atoms with E-state index in [4.69, 9.17) is 11.6 Å². The molecule has 2 rings (SSSR count). The number of aryl methyl sites for hydroxylation is 2. The van der Waals surface area contributed by atoms with Crippen LogP contribution in [0.2, 0.25) is 5.02 Å². The molecule has 21 heavy (non-hydrogen) atoms. The van der Waals surface area contributed by atoms with E-state index in [2.05, 4.69) is 15.3 Å². The molecule has 2 aromatic rings. The van der Waals surface area contributed by atoms with Crippen LogP contribution in [-0.2, 0) is 4.79 Å². The number of aromatic nitrogens is 2. The third-order valence-electron chi connectivity index (χ3n) is 2.84. The lowest BCUT2D eigenvalue weighted by Gasteiger charge is -2.09. The van der Waals surface area contributed by atoms with E-state index in [-0.39, 0.29) is 5.91 Å². The number of anilines is 1. The Balaban J connectivity index is 1.97. The highest BCUT2D eigenvalue weighted by atomic mass is 35.5. The lowest BCUT2D eigenvalue weighted by Crippen LogP contribution is -2.15. The number of thioether (sulfide) groups is 1. The predicted molar refractivity (Wildman–Crippen MR) is 87.0 cm³/mol. The second kappa shape index (κ2) is 6.91. The molecular weight excluding hydrogens is 306 g/mol. The van der Waals surface area contributed by atoms with Crippen molar-refractivity contribution < 1.29 is 4.79 Å². The van der Waals surface area contributed by atoms with Crippen LogP contribution < -0.4 is 5.32 Å². The molecule has 1 aromatic carbocycles. The van der Waals surface area contributed by atoms with Gasteiger partial charge in [0.15, 0.2) is 0 Å². The SMILES string of the molecule is Cc1cc(SCC(=O)Nc2cccc(Cl)c2C)nc(C)n1. The van der Waals surface area contributed by atoms with Gasteiger partial charge in [0.05, 0.1) is 5.75 Å². The molecule has 1 amide bonds. The van der Waals surface area contributed by atoms with Gasteiger partial charge >= 0.3 is 0 Å². The molecule has 0 aliphatic heterocycles. The number of nitrogens with one attached hydrogen (secondary N) is 1. The summed E-state index contributed by atoms with van der Waals surface area (Å²) >= 11 is 7.42. The zero-order valence-electron chi connectivity index (χ0n) is 12.1. The lowest BCUT2D eigenvalue weighted by molar-refractivity contribution is -0.113. The molecule has 0 bridgehead atoms. The van der Waals surface area contributed by atoms with Crippen LogP contribution >= 0.6 is 23.4 Å². The first-order chi connectivity index (χ1) is 9.95. The van der Waals surface area contributed by atoms with Crippen molar-refractivity contribution in [2.45, 2.75) is 25.8 Å². The Labute approximate surface area is 133 Å². The molecule has 0 aliphatic rings. The Kier molecular flexibility index (Phi) is 5.20. The predicted octanol–water partition coefficient (Wildman–Crippen LogP) is 3.79. The van der Waals surface area contributed by atoms with Gasteiger partial charge in [0.2, 0.25) is 5.91 Å². The third kappa shape index (κ3) is 4.44. The van der Waals surface area contributed by atoms with E-state index in [0.29, 0.717) is 16.6 Å². The number of rotatable bonds is 4. The minimum absolute atomic E-state index is 0.0840. The van der Waals surface area contributed by atoms with Gasteiger partial charge in [-0.3, -0.25) is 4.79 Å². The number of hydrogen-bond donors (Lipinski definition) is 1. The van der Waals surface area contributed by atoms with Gasteiger partial charge in [0.1, 0.15) is 10.9 Å². The van der Waals surface area contributed by atoms with E-state index < -0.39 is 0 Å². The van der Waals surface area contributed by atoms with Crippen molar-refractivity contribution in [3.8, 4) is 0 Å². The molecule has 0 aliphatic carbocycles. The Hall–Kier alpha value is -1.59. The number of carbonyl (C=O) groups excluding carboxylic acids is 1. The van der Waals surface area contributed by atoms with Crippen molar-refractivity contribution in [2.75, 3.05) is 11.1 Å². The summed E-state index contributed by atoms with van der Waals surface area (Å²) in [5.74, 6) is 0.921. The minimum atomic E-state index is -0.0840. The molecular formula is C15H16ClN3OS. The smallest absolute Gasteiger partial charge is 0.234 e. The van der Waals surface area contributed by atoms with Gasteiger partial charge in [-0.15, -0.1) is 0 Å². The summed E-state index contributed by atoms with van der Waals surface area (Å²) < 4.78 is 0. The zero-order chi connectivity index (χ0) is 15.4. The maximum atomic E-state index is 12.0. The van der Waals surface area contributed by atoms with Crippen LogP contribution in [0.3, 0.4) is 0 Å². The van der Waals surface area contributed by atoms with Crippen molar-refractivity contribution in [3.63, 3.8) is 0 Å². The standard InChI is InChI=1S/C15H16ClN3OS/c1-9-7-15(18-11(3)17-9)21-8-14(20)19-13-6-4-5-12(16)10(13)2/h4-7H,8H2,1-3H3,(H,19,20). The van der Waals surface area contributed by atoms with Gasteiger partial charge in [0.25, 0.3) is 0 Å². The fourth-order valence-electron chi connectivity index (χ4n) is 1.83. The second-order valence-electron chi connectivity index (χ2n) is 4.64. The molecule has 0 atom stereocenters. The van der Waals surface area contributed by atoms with Crippen LogP contribution in [0.5, 0.6) is 0 Å². The molecule has 0 saturated carbocycles. The van der Waals surface area contributed by atoms with E-state index in [9.17, 15) is 4.79 Å². The monoisotopic (exact) mass is 321 g/mol. The first kappa shape index (κ1) is 15.8. The normalized spacial score (nSPS) is 10.5. The number of benzene rings is 1. The van der Waals surface area contributed by atoms with Gasteiger partial charge in [-0.05, 0) is 44.5 Å². The summed E-state index contributed by atoms with van der Waals surface area (Å²) in [6.07, 6.45) is 0. The number of amides is 1. The van der Waals surface area contributed by atoms with Gasteiger partial charge in [-0.25, -0.2) is 9.97 Å². The van der Waals surface area contributed by atoms with E-state index >= 15 is 0 Å². The van der Waals surface area contributed by atoms with Gasteiger partial charge in [-0.1, -0.05) is 29.4 Å². The maximum absolute atomic E-state index is 12.0. The van der Waals surface area contributed by atoms with Crippen LogP contribution in [0.25, 0.3) is 0 Å². The molecule has 6 heteroatoms. The van der Waals surface area contributed by atoms with Crippen molar-refractivity contribution in [1.82, 2.24) is 9.97 Å². The highest BCUT2D eigenvalue weighted by Crippen LogP contribution is 2.23. The second-order valence-corrected chi connectivity index (χ2v) is 6.05. The van der Waals surface area contributed by atoms with Crippen LogP contribution in [0.15, 0.2) is 29.3 Å². The largest absolute Gasteiger partial charge is 0.325 e. The molecule has 4 nitrogen and oxygen atoms in total. The number of halogens is 1. The Bertz CT molecular complexity index is 656. The average Bonchev–Trinajstić information content (AvgIpc) is 2.41. The van der Waals surface area contributed by atoms with Gasteiger partial charge in [-0.2, -0.15) is 0 Å². The van der Waals surface area contributed by atoms with Crippen molar-refractivity contribution in [3.05, 3.63) is 46.4 Å². The number of hydrogen-bond acceptors (Lipinski definition) is 4. The quantitative estimate of drug-likeness (QED) is 0.687. The Morgan fingerprint density at radius 2 is 2.05 bits per heavy atom. The Morgan fingerprint density at radius 3 is 2.76 bits per heavy atom. The summed E-state index contributed by atoms with van der Waals surface area (Å²) in [7, 11) is 0. The fourth-order valence-corrected chi connectivity index (χ4v) is 2.80. The lowest BCUT2D eigenvalue weighted by atomic mass is 10.2. The van der Waals surface area contributed by atoms with Gasteiger partial charge in [0, 0.05) is 16.4 Å². The molecule has 1 heterocycles. The number of nitrogens with zero attached hydrogens (tertiary/aromatic N) is 2. The van der Waals surface area contributed by atoms with Gasteiger partial charge < -0.3 is 5.32 Å².